The monoisotopic (exact) mass is 364 g/mol. The minimum absolute atomic E-state index is 0.114. The summed E-state index contributed by atoms with van der Waals surface area (Å²) < 4.78 is 1.92. The molecule has 0 spiro atoms. The third kappa shape index (κ3) is 6.84. The zero-order chi connectivity index (χ0) is 19.6. The maximum Gasteiger partial charge on any atom is 0.157 e. The van der Waals surface area contributed by atoms with E-state index in [0.29, 0.717) is 6.54 Å². The van der Waals surface area contributed by atoms with Crippen LogP contribution in [0.4, 0.5) is 0 Å². The van der Waals surface area contributed by atoms with Crippen molar-refractivity contribution in [1.82, 2.24) is 14.9 Å². The summed E-state index contributed by atoms with van der Waals surface area (Å²) in [5, 5.41) is 22.0. The Morgan fingerprint density at radius 1 is 1.26 bits per heavy atom. The van der Waals surface area contributed by atoms with E-state index in [4.69, 9.17) is 0 Å². The summed E-state index contributed by atoms with van der Waals surface area (Å²) in [6.45, 7) is 10.6. The Morgan fingerprint density at radius 3 is 2.78 bits per heavy atom. The zero-order valence-electron chi connectivity index (χ0n) is 15.7. The molecule has 0 radical (unpaired) electrons. The van der Waals surface area contributed by atoms with E-state index >= 15 is 0 Å². The fourth-order valence-electron chi connectivity index (χ4n) is 2.42. The topological polar surface area (TPSA) is 70.3 Å². The van der Waals surface area contributed by atoms with Crippen LogP contribution in [0.2, 0.25) is 0 Å². The molecule has 5 nitrogen and oxygen atoms in total. The number of allylic oxidation sites excluding steroid dienone is 6. The Hall–Kier alpha value is -3.30. The lowest BCUT2D eigenvalue weighted by molar-refractivity contribution is 0.403. The second kappa shape index (κ2) is 10.00. The molecule has 2 rings (SSSR count). The van der Waals surface area contributed by atoms with Crippen LogP contribution in [0.5, 0.6) is 11.5 Å². The average Bonchev–Trinajstić information content (AvgIpc) is 3.17. The molecule has 0 aliphatic carbocycles. The largest absolute Gasteiger partial charge is 0.504 e. The summed E-state index contributed by atoms with van der Waals surface area (Å²) in [4.78, 5) is 4.01. The number of nitrogens with zero attached hydrogens (tertiary/aromatic N) is 2. The fraction of sp³-hybridized carbons (Fsp3) is 0.227. The van der Waals surface area contributed by atoms with E-state index in [-0.39, 0.29) is 11.5 Å². The Labute approximate surface area is 160 Å². The second-order valence-electron chi connectivity index (χ2n) is 6.36. The van der Waals surface area contributed by atoms with Gasteiger partial charge in [0.25, 0.3) is 0 Å². The van der Waals surface area contributed by atoms with Crippen molar-refractivity contribution in [2.24, 2.45) is 0 Å². The molecule has 0 aliphatic heterocycles. The molecule has 0 atom stereocenters. The van der Waals surface area contributed by atoms with Gasteiger partial charge in [-0.1, -0.05) is 12.6 Å². The summed E-state index contributed by atoms with van der Waals surface area (Å²) in [7, 11) is 0. The van der Waals surface area contributed by atoms with E-state index in [1.807, 2.05) is 29.8 Å². The van der Waals surface area contributed by atoms with Crippen molar-refractivity contribution in [3.05, 3.63) is 85.1 Å². The van der Waals surface area contributed by atoms with E-state index < -0.39 is 0 Å². The van der Waals surface area contributed by atoms with Crippen molar-refractivity contribution < 1.29 is 10.2 Å². The van der Waals surface area contributed by atoms with Gasteiger partial charge in [-0.15, -0.1) is 0 Å². The second-order valence-corrected chi connectivity index (χ2v) is 6.36. The molecule has 0 fully saturated rings. The van der Waals surface area contributed by atoms with E-state index in [0.717, 1.165) is 41.8 Å². The van der Waals surface area contributed by atoms with Crippen molar-refractivity contribution in [2.45, 2.75) is 32.7 Å². The van der Waals surface area contributed by atoms with Crippen molar-refractivity contribution in [3.63, 3.8) is 0 Å². The Morgan fingerprint density at radius 2 is 2.07 bits per heavy atom. The number of benzene rings is 1. The number of aromatic hydroxyl groups is 2. The standard InChI is InChI=1S/C22H25N3O2/c1-17(7-5-9-19(3)25-13-12-23-16-25)6-4-8-18(2)24-15-20-10-11-21(26)22(27)14-20/h7,9-14,16,24H,1-2,4,6,8,15H2,3H3,(H-,26,27)/p+1/b19-9+. The first-order valence-electron chi connectivity index (χ1n) is 8.80. The van der Waals surface area contributed by atoms with E-state index in [9.17, 15) is 10.2 Å². The van der Waals surface area contributed by atoms with Gasteiger partial charge in [0.05, 0.1) is 0 Å². The van der Waals surface area contributed by atoms with Crippen LogP contribution in [-0.2, 0) is 6.54 Å². The number of hydrogen-bond donors (Lipinski definition) is 3. The quantitative estimate of drug-likeness (QED) is 0.329. The predicted octanol–water partition coefficient (Wildman–Crippen LogP) is 4.54. The Kier molecular flexibility index (Phi) is 7.41. The minimum atomic E-state index is -0.115. The van der Waals surface area contributed by atoms with Crippen molar-refractivity contribution in [2.75, 3.05) is 0 Å². The highest BCUT2D eigenvalue weighted by atomic mass is 16.3. The molecule has 1 aromatic heterocycles. The number of imidazole rings is 1. The summed E-state index contributed by atoms with van der Waals surface area (Å²) in [5.74, 6) is -0.229. The molecule has 0 aliphatic rings. The molecule has 5 heteroatoms. The van der Waals surface area contributed by atoms with Gasteiger partial charge in [0.2, 0.25) is 0 Å². The van der Waals surface area contributed by atoms with Gasteiger partial charge in [-0.05, 0) is 37.1 Å². The normalized spacial score (nSPS) is 11.4. The first kappa shape index (κ1) is 20.0. The lowest BCUT2D eigenvalue weighted by atomic mass is 10.1. The van der Waals surface area contributed by atoms with E-state index in [1.54, 1.807) is 18.6 Å². The first-order valence-corrected chi connectivity index (χ1v) is 8.80. The van der Waals surface area contributed by atoms with Crippen LogP contribution < -0.4 is 5.32 Å². The van der Waals surface area contributed by atoms with E-state index in [1.165, 1.54) is 12.1 Å². The van der Waals surface area contributed by atoms with Crippen molar-refractivity contribution in [3.8, 4) is 11.5 Å². The van der Waals surface area contributed by atoms with Gasteiger partial charge in [0.1, 0.15) is 24.2 Å². The number of rotatable bonds is 10. The molecule has 0 bridgehead atoms. The van der Waals surface area contributed by atoms with Gasteiger partial charge >= 0.3 is 0 Å². The summed E-state index contributed by atoms with van der Waals surface area (Å²) in [5.41, 5.74) is 3.86. The van der Waals surface area contributed by atoms with E-state index in [2.05, 4.69) is 29.5 Å². The molecule has 2 aromatic rings. The Bertz CT molecular complexity index is 833. The lowest BCUT2D eigenvalue weighted by Crippen LogP contribution is -2.11. The molecule has 0 saturated heterocycles. The highest BCUT2D eigenvalue weighted by Crippen LogP contribution is 2.24. The molecule has 0 saturated carbocycles. The molecule has 3 N–H and O–H groups in total. The highest BCUT2D eigenvalue weighted by Gasteiger charge is 2.03. The third-order valence-electron chi connectivity index (χ3n) is 4.05. The number of hydrogen-bond acceptors (Lipinski definition) is 4. The molecule has 27 heavy (non-hydrogen) atoms. The van der Waals surface area contributed by atoms with Gasteiger partial charge in [0.15, 0.2) is 11.5 Å². The molecular weight excluding hydrogens is 338 g/mol. The van der Waals surface area contributed by atoms with Gasteiger partial charge in [-0.2, -0.15) is 0 Å². The number of aromatic nitrogens is 2. The lowest BCUT2D eigenvalue weighted by Gasteiger charge is -2.10. The van der Waals surface area contributed by atoms with Gasteiger partial charge in [0, 0.05) is 49.6 Å². The third-order valence-corrected chi connectivity index (χ3v) is 4.05. The van der Waals surface area contributed by atoms with Gasteiger partial charge in [-0.3, -0.25) is 4.57 Å². The molecule has 0 unspecified atom stereocenters. The Balaban J connectivity index is 1.66. The molecule has 140 valence electrons. The highest BCUT2D eigenvalue weighted by molar-refractivity contribution is 5.44. The number of phenols is 2. The predicted molar refractivity (Wildman–Crippen MR) is 109 cm³/mol. The smallest absolute Gasteiger partial charge is 0.157 e. The van der Waals surface area contributed by atoms with Crippen LogP contribution in [0.25, 0.3) is 5.70 Å². The van der Waals surface area contributed by atoms with Crippen LogP contribution in [0, 0.1) is 6.08 Å². The molecular formula is C22H26N3O2+. The van der Waals surface area contributed by atoms with Crippen molar-refractivity contribution >= 4 is 5.70 Å². The maximum absolute atomic E-state index is 9.50. The van der Waals surface area contributed by atoms with Crippen LogP contribution in [0.3, 0.4) is 0 Å². The summed E-state index contributed by atoms with van der Waals surface area (Å²) >= 11 is 0. The van der Waals surface area contributed by atoms with Crippen molar-refractivity contribution in [1.29, 1.82) is 0 Å². The van der Waals surface area contributed by atoms with Gasteiger partial charge in [-0.25, -0.2) is 4.98 Å². The molecule has 0 amide bonds. The van der Waals surface area contributed by atoms with Crippen LogP contribution in [0.1, 0.15) is 31.7 Å². The van der Waals surface area contributed by atoms with Crippen LogP contribution >= 0.6 is 0 Å². The van der Waals surface area contributed by atoms with Crippen LogP contribution in [0.15, 0.2) is 73.5 Å². The number of nitrogens with one attached hydrogen (secondary N) is 1. The minimum Gasteiger partial charge on any atom is -0.504 e. The SMILES string of the molecule is C=C(C=[C+]/C=C(\C)n1ccnc1)CCCC(=C)NCc1ccc(O)c(O)c1. The first-order chi connectivity index (χ1) is 13.0. The van der Waals surface area contributed by atoms with Gasteiger partial charge < -0.3 is 15.5 Å². The van der Waals surface area contributed by atoms with Crippen LogP contribution in [-0.4, -0.2) is 19.8 Å². The summed E-state index contributed by atoms with van der Waals surface area (Å²) in [6.07, 6.45) is 15.0. The maximum atomic E-state index is 9.50. The average molecular weight is 364 g/mol. The molecule has 1 aromatic carbocycles. The molecule has 1 heterocycles. The zero-order valence-corrected chi connectivity index (χ0v) is 15.7. The summed E-state index contributed by atoms with van der Waals surface area (Å²) in [6, 6.07) is 4.78. The number of phenolic OH excluding ortho intramolecular Hbond substituents is 2. The fourth-order valence-corrected chi connectivity index (χ4v) is 2.42.